The van der Waals surface area contributed by atoms with E-state index in [1.54, 1.807) is 34.6 Å². The fraction of sp³-hybridized carbons (Fsp3) is 0.308. The Bertz CT molecular complexity index is 1310. The summed E-state index contributed by atoms with van der Waals surface area (Å²) in [7, 11) is 0. The van der Waals surface area contributed by atoms with Crippen LogP contribution in [0.1, 0.15) is 51.9 Å². The normalized spacial score (nSPS) is 19.3. The molecule has 3 amide bonds. The molecule has 0 spiro atoms. The molecule has 1 unspecified atom stereocenters. The lowest BCUT2D eigenvalue weighted by Crippen LogP contribution is -2.64. The Labute approximate surface area is 202 Å². The second-order valence-electron chi connectivity index (χ2n) is 9.33. The van der Waals surface area contributed by atoms with Crippen molar-refractivity contribution in [2.75, 3.05) is 5.32 Å². The van der Waals surface area contributed by atoms with E-state index >= 15 is 0 Å². The smallest absolute Gasteiger partial charge is 0.276 e. The van der Waals surface area contributed by atoms with Crippen LogP contribution in [0.25, 0.3) is 0 Å². The number of para-hydroxylation sites is 1. The Morgan fingerprint density at radius 2 is 1.86 bits per heavy atom. The number of hydrogen-bond acceptors (Lipinski definition) is 4. The zero-order valence-electron chi connectivity index (χ0n) is 19.5. The maximum absolute atomic E-state index is 13.7. The maximum atomic E-state index is 13.7. The maximum Gasteiger partial charge on any atom is 0.276 e. The summed E-state index contributed by atoms with van der Waals surface area (Å²) in [5.74, 6) is -1.51. The monoisotopic (exact) mass is 475 g/mol. The first-order chi connectivity index (χ1) is 16.8. The first-order valence-corrected chi connectivity index (χ1v) is 11.6. The number of halogens is 1. The Morgan fingerprint density at radius 3 is 2.54 bits per heavy atom. The number of amides is 3. The number of fused-ring (bicyclic) bond motifs is 1. The Balaban J connectivity index is 1.41. The van der Waals surface area contributed by atoms with Gasteiger partial charge in [-0.15, -0.1) is 0 Å². The number of carbonyl (C=O) groups is 3. The molecule has 1 aliphatic heterocycles. The van der Waals surface area contributed by atoms with Crippen molar-refractivity contribution in [3.63, 3.8) is 0 Å². The van der Waals surface area contributed by atoms with Crippen LogP contribution in [-0.4, -0.2) is 43.8 Å². The lowest BCUT2D eigenvalue weighted by molar-refractivity contribution is -0.133. The molecule has 1 fully saturated rings. The number of aryl methyl sites for hydroxylation is 1. The molecule has 0 radical (unpaired) electrons. The van der Waals surface area contributed by atoms with Crippen LogP contribution in [0.4, 0.5) is 10.1 Å². The summed E-state index contributed by atoms with van der Waals surface area (Å²) in [5.41, 5.74) is 1.36. The van der Waals surface area contributed by atoms with Gasteiger partial charge in [0.05, 0.1) is 12.9 Å². The molecule has 2 N–H and O–H groups in total. The average molecular weight is 476 g/mol. The summed E-state index contributed by atoms with van der Waals surface area (Å²) in [5, 5.41) is 5.73. The third kappa shape index (κ3) is 4.18. The lowest BCUT2D eigenvalue weighted by atomic mass is 9.93. The molecule has 0 bridgehead atoms. The van der Waals surface area contributed by atoms with Crippen LogP contribution in [0.5, 0.6) is 0 Å². The summed E-state index contributed by atoms with van der Waals surface area (Å²) >= 11 is 0. The largest absolute Gasteiger partial charge is 0.350 e. The predicted molar refractivity (Wildman–Crippen MR) is 127 cm³/mol. The van der Waals surface area contributed by atoms with Crippen molar-refractivity contribution in [3.05, 3.63) is 83.2 Å². The molecule has 180 valence electrons. The molecule has 1 atom stereocenters. The third-order valence-electron chi connectivity index (χ3n) is 6.64. The zero-order chi connectivity index (χ0) is 24.7. The van der Waals surface area contributed by atoms with Gasteiger partial charge in [0.1, 0.15) is 17.1 Å². The average Bonchev–Trinajstić information content (AvgIpc) is 3.57. The van der Waals surface area contributed by atoms with Gasteiger partial charge in [-0.3, -0.25) is 14.4 Å². The molecule has 2 aromatic carbocycles. The molecule has 1 saturated carbocycles. The van der Waals surface area contributed by atoms with Gasteiger partial charge in [-0.05, 0) is 56.0 Å². The van der Waals surface area contributed by atoms with Crippen LogP contribution < -0.4 is 10.6 Å². The fourth-order valence-corrected chi connectivity index (χ4v) is 4.59. The molecule has 1 aliphatic carbocycles. The highest BCUT2D eigenvalue weighted by atomic mass is 19.1. The summed E-state index contributed by atoms with van der Waals surface area (Å²) < 4.78 is 14.8. The number of nitrogens with zero attached hydrogens (tertiary/aromatic N) is 3. The van der Waals surface area contributed by atoms with Gasteiger partial charge in [-0.1, -0.05) is 30.3 Å². The van der Waals surface area contributed by atoms with Gasteiger partial charge in [0.15, 0.2) is 5.69 Å². The second kappa shape index (κ2) is 8.65. The van der Waals surface area contributed by atoms with Crippen molar-refractivity contribution in [2.24, 2.45) is 0 Å². The van der Waals surface area contributed by atoms with Crippen molar-refractivity contribution >= 4 is 23.4 Å². The number of rotatable bonds is 6. The standard InChI is InChI=1S/C26H26FN5O3/c1-16-5-3-4-6-20(16)30-23(33)21-22-24(34)32(19-11-12-19)26(2,14-31(22)15-29-21)25(35)28-13-17-7-9-18(27)10-8-17/h3-10,15,19H,11-14H2,1-2H3,(H,28,35)(H,30,33). The van der Waals surface area contributed by atoms with Gasteiger partial charge >= 0.3 is 0 Å². The van der Waals surface area contributed by atoms with Gasteiger partial charge < -0.3 is 20.1 Å². The van der Waals surface area contributed by atoms with E-state index in [1.165, 1.54) is 18.5 Å². The van der Waals surface area contributed by atoms with Gasteiger partial charge in [-0.2, -0.15) is 0 Å². The number of carbonyl (C=O) groups excluding carboxylic acids is 3. The van der Waals surface area contributed by atoms with Crippen molar-refractivity contribution in [3.8, 4) is 0 Å². The van der Waals surface area contributed by atoms with E-state index < -0.39 is 11.4 Å². The summed E-state index contributed by atoms with van der Waals surface area (Å²) in [6, 6.07) is 13.2. The second-order valence-corrected chi connectivity index (χ2v) is 9.33. The third-order valence-corrected chi connectivity index (χ3v) is 6.64. The SMILES string of the molecule is Cc1ccccc1NC(=O)c1ncn2c1C(=O)N(C1CC1)C(C)(C(=O)NCc1ccc(F)cc1)C2. The number of benzene rings is 2. The predicted octanol–water partition coefficient (Wildman–Crippen LogP) is 3.28. The highest BCUT2D eigenvalue weighted by molar-refractivity contribution is 6.12. The minimum absolute atomic E-state index is 0.0395. The number of imidazole rings is 1. The molecule has 1 aromatic heterocycles. The molecule has 8 nitrogen and oxygen atoms in total. The molecule has 2 heterocycles. The molecule has 0 saturated heterocycles. The first kappa shape index (κ1) is 22.8. The molecular formula is C26H26FN5O3. The highest BCUT2D eigenvalue weighted by Crippen LogP contribution is 2.39. The number of nitrogens with one attached hydrogen (secondary N) is 2. The van der Waals surface area contributed by atoms with E-state index in [2.05, 4.69) is 15.6 Å². The van der Waals surface area contributed by atoms with E-state index in [0.717, 1.165) is 24.0 Å². The van der Waals surface area contributed by atoms with Crippen molar-refractivity contribution < 1.29 is 18.8 Å². The summed E-state index contributed by atoms with van der Waals surface area (Å²) in [4.78, 5) is 46.0. The Kier molecular flexibility index (Phi) is 5.62. The number of aromatic nitrogens is 2. The van der Waals surface area contributed by atoms with E-state index in [-0.39, 0.29) is 48.2 Å². The van der Waals surface area contributed by atoms with Crippen molar-refractivity contribution in [1.29, 1.82) is 0 Å². The van der Waals surface area contributed by atoms with Crippen molar-refractivity contribution in [1.82, 2.24) is 19.8 Å². The lowest BCUT2D eigenvalue weighted by Gasteiger charge is -2.44. The highest BCUT2D eigenvalue weighted by Gasteiger charge is 2.53. The minimum Gasteiger partial charge on any atom is -0.350 e. The Hall–Kier alpha value is -4.01. The van der Waals surface area contributed by atoms with E-state index in [4.69, 9.17) is 0 Å². The van der Waals surface area contributed by atoms with Crippen LogP contribution in [0.3, 0.4) is 0 Å². The van der Waals surface area contributed by atoms with Crippen LogP contribution >= 0.6 is 0 Å². The molecule has 2 aliphatic rings. The quantitative estimate of drug-likeness (QED) is 0.572. The van der Waals surface area contributed by atoms with Crippen LogP contribution in [0.15, 0.2) is 54.9 Å². The van der Waals surface area contributed by atoms with Crippen LogP contribution in [0.2, 0.25) is 0 Å². The number of anilines is 1. The van der Waals surface area contributed by atoms with Gasteiger partial charge in [0.25, 0.3) is 11.8 Å². The van der Waals surface area contributed by atoms with E-state index in [1.807, 2.05) is 25.1 Å². The molecular weight excluding hydrogens is 449 g/mol. The molecule has 9 heteroatoms. The van der Waals surface area contributed by atoms with Gasteiger partial charge in [0.2, 0.25) is 5.91 Å². The number of hydrogen-bond donors (Lipinski definition) is 2. The van der Waals surface area contributed by atoms with Gasteiger partial charge in [0, 0.05) is 18.3 Å². The minimum atomic E-state index is -1.16. The van der Waals surface area contributed by atoms with Crippen LogP contribution in [0, 0.1) is 12.7 Å². The van der Waals surface area contributed by atoms with Gasteiger partial charge in [-0.25, -0.2) is 9.37 Å². The Morgan fingerprint density at radius 1 is 1.14 bits per heavy atom. The summed E-state index contributed by atoms with van der Waals surface area (Å²) in [6.45, 7) is 4.00. The van der Waals surface area contributed by atoms with Crippen LogP contribution in [-0.2, 0) is 17.9 Å². The van der Waals surface area contributed by atoms with Crippen molar-refractivity contribution in [2.45, 2.75) is 51.4 Å². The molecule has 35 heavy (non-hydrogen) atoms. The fourth-order valence-electron chi connectivity index (χ4n) is 4.59. The zero-order valence-corrected chi connectivity index (χ0v) is 19.5. The van der Waals surface area contributed by atoms with E-state index in [9.17, 15) is 18.8 Å². The topological polar surface area (TPSA) is 96.3 Å². The van der Waals surface area contributed by atoms with E-state index in [0.29, 0.717) is 5.69 Å². The summed E-state index contributed by atoms with van der Waals surface area (Å²) in [6.07, 6.45) is 3.03. The molecule has 5 rings (SSSR count). The molecule has 3 aromatic rings. The first-order valence-electron chi connectivity index (χ1n) is 11.6.